The largest absolute Gasteiger partial charge is 0.350 e. The molecule has 0 fully saturated rings. The summed E-state index contributed by atoms with van der Waals surface area (Å²) in [6, 6.07) is 8.92. The van der Waals surface area contributed by atoms with Gasteiger partial charge < -0.3 is 5.32 Å². The third kappa shape index (κ3) is 4.17. The summed E-state index contributed by atoms with van der Waals surface area (Å²) in [5.41, 5.74) is 2.10. The molecule has 1 N–H and O–H groups in total. The van der Waals surface area contributed by atoms with Gasteiger partial charge in [0.1, 0.15) is 11.6 Å². The van der Waals surface area contributed by atoms with Crippen LogP contribution in [-0.4, -0.2) is 20.4 Å². The topological polar surface area (TPSA) is 76.9 Å². The average molecular weight is 389 g/mol. The first-order valence-electron chi connectivity index (χ1n) is 7.95. The van der Waals surface area contributed by atoms with Gasteiger partial charge in [-0.3, -0.25) is 14.2 Å². The molecular formula is C18H17ClN4O2S. The van der Waals surface area contributed by atoms with Crippen molar-refractivity contribution >= 4 is 28.8 Å². The lowest BCUT2D eigenvalue weighted by Gasteiger charge is -2.06. The van der Waals surface area contributed by atoms with E-state index in [-0.39, 0.29) is 18.0 Å². The first-order valence-corrected chi connectivity index (χ1v) is 9.14. The Morgan fingerprint density at radius 3 is 2.81 bits per heavy atom. The van der Waals surface area contributed by atoms with Gasteiger partial charge in [0, 0.05) is 22.2 Å². The first-order chi connectivity index (χ1) is 12.4. The number of hydrogen-bond donors (Lipinski definition) is 1. The maximum absolute atomic E-state index is 12.1. The van der Waals surface area contributed by atoms with Crippen LogP contribution in [0.2, 0.25) is 5.02 Å². The van der Waals surface area contributed by atoms with Crippen LogP contribution >= 0.6 is 22.9 Å². The molecule has 3 rings (SSSR count). The van der Waals surface area contributed by atoms with Crippen LogP contribution < -0.4 is 10.9 Å². The molecule has 2 aromatic heterocycles. The minimum Gasteiger partial charge on any atom is -0.350 e. The van der Waals surface area contributed by atoms with Gasteiger partial charge in [0.15, 0.2) is 0 Å². The van der Waals surface area contributed by atoms with E-state index in [4.69, 9.17) is 11.6 Å². The number of aromatic nitrogens is 3. The molecule has 0 spiro atoms. The Morgan fingerprint density at radius 1 is 1.31 bits per heavy atom. The van der Waals surface area contributed by atoms with Gasteiger partial charge in [0.2, 0.25) is 5.91 Å². The maximum atomic E-state index is 12.1. The Kier molecular flexibility index (Phi) is 5.49. The number of carbonyl (C=O) groups excluding carboxylic acids is 1. The molecule has 0 aliphatic heterocycles. The third-order valence-electron chi connectivity index (χ3n) is 3.77. The van der Waals surface area contributed by atoms with Crippen molar-refractivity contribution in [3.8, 4) is 10.6 Å². The molecule has 0 radical (unpaired) electrons. The monoisotopic (exact) mass is 388 g/mol. The Bertz CT molecular complexity index is 1010. The molecule has 0 saturated heterocycles. The molecule has 2 heterocycles. The highest BCUT2D eigenvalue weighted by atomic mass is 35.5. The number of rotatable bonds is 5. The van der Waals surface area contributed by atoms with Crippen LogP contribution in [0.25, 0.3) is 10.6 Å². The molecular weight excluding hydrogens is 372 g/mol. The third-order valence-corrected chi connectivity index (χ3v) is 5.29. The van der Waals surface area contributed by atoms with Crippen molar-refractivity contribution < 1.29 is 4.79 Å². The number of nitrogens with one attached hydrogen (secondary N) is 1. The molecule has 134 valence electrons. The predicted molar refractivity (Wildman–Crippen MR) is 102 cm³/mol. The van der Waals surface area contributed by atoms with Crippen LogP contribution in [0.1, 0.15) is 16.3 Å². The SMILES string of the molecule is Cc1cc(=O)n(CC(=O)NCc2sc(-c3ccccc3Cl)nc2C)cn1. The van der Waals surface area contributed by atoms with Crippen molar-refractivity contribution in [2.45, 2.75) is 26.9 Å². The molecule has 6 nitrogen and oxygen atoms in total. The molecule has 0 bridgehead atoms. The predicted octanol–water partition coefficient (Wildman–Crippen LogP) is 2.95. The van der Waals surface area contributed by atoms with E-state index in [1.807, 2.05) is 31.2 Å². The van der Waals surface area contributed by atoms with Gasteiger partial charge in [-0.15, -0.1) is 11.3 Å². The van der Waals surface area contributed by atoms with Crippen molar-refractivity contribution in [2.75, 3.05) is 0 Å². The molecule has 0 aliphatic carbocycles. The van der Waals surface area contributed by atoms with Crippen LogP contribution in [0.3, 0.4) is 0 Å². The number of halogens is 1. The zero-order valence-electron chi connectivity index (χ0n) is 14.3. The fraction of sp³-hybridized carbons (Fsp3) is 0.222. The van der Waals surface area contributed by atoms with E-state index in [2.05, 4.69) is 15.3 Å². The highest BCUT2D eigenvalue weighted by Crippen LogP contribution is 2.32. The normalized spacial score (nSPS) is 10.7. The van der Waals surface area contributed by atoms with E-state index in [0.29, 0.717) is 17.3 Å². The molecule has 1 amide bonds. The van der Waals surface area contributed by atoms with E-state index >= 15 is 0 Å². The first kappa shape index (κ1) is 18.3. The van der Waals surface area contributed by atoms with Gasteiger partial charge >= 0.3 is 0 Å². The second kappa shape index (κ2) is 7.80. The smallest absolute Gasteiger partial charge is 0.253 e. The minimum atomic E-state index is -0.259. The maximum Gasteiger partial charge on any atom is 0.253 e. The van der Waals surface area contributed by atoms with Crippen LogP contribution in [0.4, 0.5) is 0 Å². The average Bonchev–Trinajstić information content (AvgIpc) is 2.96. The van der Waals surface area contributed by atoms with Crippen LogP contribution in [0.15, 0.2) is 41.5 Å². The molecule has 0 saturated carbocycles. The second-order valence-corrected chi connectivity index (χ2v) is 7.27. The van der Waals surface area contributed by atoms with E-state index in [1.54, 1.807) is 6.92 Å². The second-order valence-electron chi connectivity index (χ2n) is 5.78. The van der Waals surface area contributed by atoms with Gasteiger partial charge in [-0.1, -0.05) is 29.8 Å². The lowest BCUT2D eigenvalue weighted by Crippen LogP contribution is -2.31. The Morgan fingerprint density at radius 2 is 2.08 bits per heavy atom. The molecule has 8 heteroatoms. The standard InChI is InChI=1S/C18H17ClN4O2S/c1-11-7-17(25)23(10-21-11)9-16(24)20-8-15-12(2)22-18(26-15)13-5-3-4-6-14(13)19/h3-7,10H,8-9H2,1-2H3,(H,20,24). The summed E-state index contributed by atoms with van der Waals surface area (Å²) in [6.45, 7) is 3.91. The van der Waals surface area contributed by atoms with Gasteiger partial charge in [-0.25, -0.2) is 9.97 Å². The zero-order chi connectivity index (χ0) is 18.7. The van der Waals surface area contributed by atoms with Gasteiger partial charge in [-0.2, -0.15) is 0 Å². The zero-order valence-corrected chi connectivity index (χ0v) is 15.9. The summed E-state index contributed by atoms with van der Waals surface area (Å²) in [5.74, 6) is -0.259. The lowest BCUT2D eigenvalue weighted by molar-refractivity contribution is -0.121. The molecule has 0 atom stereocenters. The fourth-order valence-corrected chi connectivity index (χ4v) is 3.69. The van der Waals surface area contributed by atoms with Gasteiger partial charge in [-0.05, 0) is 19.9 Å². The van der Waals surface area contributed by atoms with Crippen molar-refractivity contribution in [1.82, 2.24) is 19.9 Å². The van der Waals surface area contributed by atoms with Crippen molar-refractivity contribution in [1.29, 1.82) is 0 Å². The van der Waals surface area contributed by atoms with Gasteiger partial charge in [0.25, 0.3) is 5.56 Å². The summed E-state index contributed by atoms with van der Waals surface area (Å²) in [5, 5.41) is 4.28. The number of hydrogen-bond acceptors (Lipinski definition) is 5. The number of carbonyl (C=O) groups is 1. The highest BCUT2D eigenvalue weighted by Gasteiger charge is 2.13. The summed E-state index contributed by atoms with van der Waals surface area (Å²) in [6.07, 6.45) is 1.38. The molecule has 26 heavy (non-hydrogen) atoms. The number of benzene rings is 1. The Balaban J connectivity index is 1.67. The fourth-order valence-electron chi connectivity index (χ4n) is 2.37. The number of aryl methyl sites for hydroxylation is 2. The molecule has 0 unspecified atom stereocenters. The number of thiazole rings is 1. The van der Waals surface area contributed by atoms with Crippen LogP contribution in [0.5, 0.6) is 0 Å². The molecule has 1 aromatic carbocycles. The van der Waals surface area contributed by atoms with Crippen LogP contribution in [0, 0.1) is 13.8 Å². The van der Waals surface area contributed by atoms with E-state index in [9.17, 15) is 9.59 Å². The summed E-state index contributed by atoms with van der Waals surface area (Å²) in [7, 11) is 0. The van der Waals surface area contributed by atoms with Crippen molar-refractivity contribution in [2.24, 2.45) is 0 Å². The van der Waals surface area contributed by atoms with Gasteiger partial charge in [0.05, 0.1) is 23.6 Å². The number of amides is 1. The van der Waals surface area contributed by atoms with E-state index < -0.39 is 0 Å². The Labute approximate surface area is 159 Å². The lowest BCUT2D eigenvalue weighted by atomic mass is 10.2. The Hall–Kier alpha value is -2.51. The van der Waals surface area contributed by atoms with Crippen molar-refractivity contribution in [3.05, 3.63) is 68.3 Å². The molecule has 0 aliphatic rings. The quantitative estimate of drug-likeness (QED) is 0.729. The molecule has 3 aromatic rings. The van der Waals surface area contributed by atoms with Crippen LogP contribution in [-0.2, 0) is 17.9 Å². The minimum absolute atomic E-state index is 0.0681. The van der Waals surface area contributed by atoms with Crippen molar-refractivity contribution in [3.63, 3.8) is 0 Å². The van der Waals surface area contributed by atoms with E-state index in [0.717, 1.165) is 21.1 Å². The number of nitrogens with zero attached hydrogens (tertiary/aromatic N) is 3. The summed E-state index contributed by atoms with van der Waals surface area (Å²) in [4.78, 5) is 33.5. The van der Waals surface area contributed by atoms with E-state index in [1.165, 1.54) is 28.3 Å². The highest BCUT2D eigenvalue weighted by molar-refractivity contribution is 7.15. The summed E-state index contributed by atoms with van der Waals surface area (Å²) < 4.78 is 1.27. The summed E-state index contributed by atoms with van der Waals surface area (Å²) >= 11 is 7.71.